The van der Waals surface area contributed by atoms with E-state index in [-0.39, 0.29) is 0 Å². The molecule has 1 aromatic heterocycles. The Kier molecular flexibility index (Phi) is 2.95. The van der Waals surface area contributed by atoms with Gasteiger partial charge in [0, 0.05) is 31.7 Å². The smallest absolute Gasteiger partial charge is 0.0952 e. The van der Waals surface area contributed by atoms with Crippen LogP contribution >= 0.6 is 0 Å². The van der Waals surface area contributed by atoms with Crippen molar-refractivity contribution >= 4 is 0 Å². The van der Waals surface area contributed by atoms with Gasteiger partial charge in [-0.05, 0) is 18.3 Å². The summed E-state index contributed by atoms with van der Waals surface area (Å²) in [5, 5.41) is 3.39. The van der Waals surface area contributed by atoms with Crippen LogP contribution in [0.2, 0.25) is 0 Å². The van der Waals surface area contributed by atoms with E-state index >= 15 is 0 Å². The topological polar surface area (TPSA) is 29.9 Å². The van der Waals surface area contributed by atoms with E-state index in [0.29, 0.717) is 5.41 Å². The standard InChI is InChI=1S/C14H23N3/c1-14(6-3-2-4-7-14)10-17-11-16-12-9-15-8-5-13(12)17/h11,15H,2-10H2,1H3. The quantitative estimate of drug-likeness (QED) is 0.850. The minimum absolute atomic E-state index is 0.512. The van der Waals surface area contributed by atoms with Gasteiger partial charge in [0.2, 0.25) is 0 Å². The summed E-state index contributed by atoms with van der Waals surface area (Å²) in [6.07, 6.45) is 10.2. The molecule has 3 rings (SSSR count). The molecule has 0 bridgehead atoms. The van der Waals surface area contributed by atoms with E-state index in [2.05, 4.69) is 28.1 Å². The zero-order valence-electron chi connectivity index (χ0n) is 10.8. The zero-order chi connectivity index (χ0) is 11.7. The molecule has 0 unspecified atom stereocenters. The van der Waals surface area contributed by atoms with Crippen molar-refractivity contribution in [1.82, 2.24) is 14.9 Å². The highest BCUT2D eigenvalue weighted by molar-refractivity contribution is 5.16. The maximum Gasteiger partial charge on any atom is 0.0952 e. The third-order valence-corrected chi connectivity index (χ3v) is 4.48. The van der Waals surface area contributed by atoms with E-state index in [1.807, 2.05) is 0 Å². The van der Waals surface area contributed by atoms with Crippen LogP contribution in [0, 0.1) is 5.41 Å². The van der Waals surface area contributed by atoms with Gasteiger partial charge in [0.05, 0.1) is 12.0 Å². The SMILES string of the molecule is CC1(Cn2cnc3c2CCNC3)CCCCC1. The molecule has 1 aromatic rings. The van der Waals surface area contributed by atoms with E-state index in [9.17, 15) is 0 Å². The van der Waals surface area contributed by atoms with Gasteiger partial charge in [-0.3, -0.25) is 0 Å². The Hall–Kier alpha value is -0.830. The van der Waals surface area contributed by atoms with Crippen LogP contribution in [0.15, 0.2) is 6.33 Å². The number of imidazole rings is 1. The van der Waals surface area contributed by atoms with Crippen LogP contribution in [0.25, 0.3) is 0 Å². The Morgan fingerprint density at radius 2 is 2.18 bits per heavy atom. The predicted octanol–water partition coefficient (Wildman–Crippen LogP) is 2.50. The predicted molar refractivity (Wildman–Crippen MR) is 68.8 cm³/mol. The first-order chi connectivity index (χ1) is 8.27. The number of hydrogen-bond acceptors (Lipinski definition) is 2. The Morgan fingerprint density at radius 3 is 3.00 bits per heavy atom. The van der Waals surface area contributed by atoms with Crippen LogP contribution in [0.3, 0.4) is 0 Å². The Bertz CT molecular complexity index is 388. The largest absolute Gasteiger partial charge is 0.334 e. The lowest BCUT2D eigenvalue weighted by atomic mass is 9.75. The highest BCUT2D eigenvalue weighted by atomic mass is 15.1. The van der Waals surface area contributed by atoms with E-state index in [1.165, 1.54) is 50.0 Å². The van der Waals surface area contributed by atoms with Crippen molar-refractivity contribution in [2.45, 2.75) is 58.5 Å². The van der Waals surface area contributed by atoms with Crippen molar-refractivity contribution in [2.24, 2.45) is 5.41 Å². The fourth-order valence-corrected chi connectivity index (χ4v) is 3.41. The third-order valence-electron chi connectivity index (χ3n) is 4.48. The highest BCUT2D eigenvalue weighted by Gasteiger charge is 2.28. The van der Waals surface area contributed by atoms with Gasteiger partial charge >= 0.3 is 0 Å². The van der Waals surface area contributed by atoms with E-state index < -0.39 is 0 Å². The molecule has 0 aromatic carbocycles. The average Bonchev–Trinajstić information content (AvgIpc) is 2.73. The van der Waals surface area contributed by atoms with Crippen molar-refractivity contribution in [3.8, 4) is 0 Å². The van der Waals surface area contributed by atoms with Gasteiger partial charge in [-0.2, -0.15) is 0 Å². The molecule has 0 amide bonds. The van der Waals surface area contributed by atoms with Gasteiger partial charge < -0.3 is 9.88 Å². The summed E-state index contributed by atoms with van der Waals surface area (Å²) in [5.41, 5.74) is 3.27. The number of aromatic nitrogens is 2. The van der Waals surface area contributed by atoms with Crippen molar-refractivity contribution in [2.75, 3.05) is 6.54 Å². The first-order valence-electron chi connectivity index (χ1n) is 7.00. The lowest BCUT2D eigenvalue weighted by molar-refractivity contribution is 0.181. The maximum atomic E-state index is 4.55. The van der Waals surface area contributed by atoms with Gasteiger partial charge in [0.15, 0.2) is 0 Å². The molecular formula is C14H23N3. The fourth-order valence-electron chi connectivity index (χ4n) is 3.41. The van der Waals surface area contributed by atoms with Crippen molar-refractivity contribution in [1.29, 1.82) is 0 Å². The van der Waals surface area contributed by atoms with Gasteiger partial charge in [0.25, 0.3) is 0 Å². The summed E-state index contributed by atoms with van der Waals surface area (Å²) in [4.78, 5) is 4.55. The van der Waals surface area contributed by atoms with Crippen LogP contribution < -0.4 is 5.32 Å². The van der Waals surface area contributed by atoms with Gasteiger partial charge in [-0.15, -0.1) is 0 Å². The monoisotopic (exact) mass is 233 g/mol. The van der Waals surface area contributed by atoms with Crippen LogP contribution in [0.4, 0.5) is 0 Å². The third kappa shape index (κ3) is 2.25. The number of nitrogens with one attached hydrogen (secondary N) is 1. The summed E-state index contributed by atoms with van der Waals surface area (Å²) in [5.74, 6) is 0. The minimum Gasteiger partial charge on any atom is -0.334 e. The highest BCUT2D eigenvalue weighted by Crippen LogP contribution is 2.37. The molecule has 2 heterocycles. The second-order valence-corrected chi connectivity index (χ2v) is 6.06. The Balaban J connectivity index is 1.78. The number of fused-ring (bicyclic) bond motifs is 1. The van der Waals surface area contributed by atoms with Crippen molar-refractivity contribution in [3.63, 3.8) is 0 Å². The second-order valence-electron chi connectivity index (χ2n) is 6.06. The summed E-state index contributed by atoms with van der Waals surface area (Å²) in [6, 6.07) is 0. The second kappa shape index (κ2) is 4.45. The first-order valence-corrected chi connectivity index (χ1v) is 7.00. The van der Waals surface area contributed by atoms with Gasteiger partial charge in [-0.25, -0.2) is 4.98 Å². The zero-order valence-corrected chi connectivity index (χ0v) is 10.8. The molecule has 17 heavy (non-hydrogen) atoms. The Labute approximate surface area is 104 Å². The molecule has 3 heteroatoms. The average molecular weight is 233 g/mol. The van der Waals surface area contributed by atoms with Gasteiger partial charge in [-0.1, -0.05) is 26.2 Å². The molecule has 1 aliphatic carbocycles. The van der Waals surface area contributed by atoms with Crippen LogP contribution in [-0.2, 0) is 19.5 Å². The summed E-state index contributed by atoms with van der Waals surface area (Å²) < 4.78 is 2.43. The lowest BCUT2D eigenvalue weighted by Gasteiger charge is -2.34. The van der Waals surface area contributed by atoms with Crippen molar-refractivity contribution in [3.05, 3.63) is 17.7 Å². The molecule has 3 nitrogen and oxygen atoms in total. The van der Waals surface area contributed by atoms with Crippen LogP contribution in [0.1, 0.15) is 50.4 Å². The molecule has 1 fully saturated rings. The summed E-state index contributed by atoms with van der Waals surface area (Å²) in [6.45, 7) is 5.70. The normalized spacial score (nSPS) is 23.4. The molecule has 94 valence electrons. The molecule has 1 aliphatic heterocycles. The molecule has 0 saturated heterocycles. The molecule has 2 aliphatic rings. The number of hydrogen-bond donors (Lipinski definition) is 1. The summed E-state index contributed by atoms with van der Waals surface area (Å²) >= 11 is 0. The molecule has 1 N–H and O–H groups in total. The molecule has 0 spiro atoms. The van der Waals surface area contributed by atoms with Gasteiger partial charge in [0.1, 0.15) is 0 Å². The minimum atomic E-state index is 0.512. The summed E-state index contributed by atoms with van der Waals surface area (Å²) in [7, 11) is 0. The van der Waals surface area contributed by atoms with Crippen LogP contribution in [0.5, 0.6) is 0 Å². The number of rotatable bonds is 2. The fraction of sp³-hybridized carbons (Fsp3) is 0.786. The molecule has 1 saturated carbocycles. The maximum absolute atomic E-state index is 4.55. The van der Waals surface area contributed by atoms with Crippen LogP contribution in [-0.4, -0.2) is 16.1 Å². The molecule has 0 radical (unpaired) electrons. The molecule has 0 atom stereocenters. The van der Waals surface area contributed by atoms with E-state index in [0.717, 1.165) is 19.5 Å². The van der Waals surface area contributed by atoms with E-state index in [4.69, 9.17) is 0 Å². The Morgan fingerprint density at radius 1 is 1.35 bits per heavy atom. The number of nitrogens with zero attached hydrogens (tertiary/aromatic N) is 2. The van der Waals surface area contributed by atoms with Crippen molar-refractivity contribution < 1.29 is 0 Å². The first kappa shape index (κ1) is 11.3. The lowest BCUT2D eigenvalue weighted by Crippen LogP contribution is -2.29. The molecular weight excluding hydrogens is 210 g/mol. The van der Waals surface area contributed by atoms with E-state index in [1.54, 1.807) is 0 Å².